The number of pyridine rings is 1. The molecule has 1 saturated heterocycles. The van der Waals surface area contributed by atoms with Crippen LogP contribution in [0.5, 0.6) is 5.75 Å². The Hall–Kier alpha value is -1.43. The molecule has 0 aliphatic carbocycles. The Balaban J connectivity index is 2.17. The Morgan fingerprint density at radius 3 is 2.70 bits per heavy atom. The Bertz CT molecular complexity index is 637. The van der Waals surface area contributed by atoms with Crippen LogP contribution in [-0.4, -0.2) is 37.8 Å². The summed E-state index contributed by atoms with van der Waals surface area (Å²) in [7, 11) is -1.44. The van der Waals surface area contributed by atoms with E-state index in [9.17, 15) is 13.2 Å². The van der Waals surface area contributed by atoms with Crippen molar-refractivity contribution in [3.8, 4) is 5.75 Å². The summed E-state index contributed by atoms with van der Waals surface area (Å²) in [5, 5.41) is 0. The van der Waals surface area contributed by atoms with Crippen LogP contribution in [-0.2, 0) is 21.1 Å². The molecule has 1 aliphatic rings. The first kappa shape index (κ1) is 15.0. The van der Waals surface area contributed by atoms with Crippen molar-refractivity contribution in [2.75, 3.05) is 18.6 Å². The zero-order valence-corrected chi connectivity index (χ0v) is 12.8. The number of aromatic nitrogens is 1. The molecule has 110 valence electrons. The van der Waals surface area contributed by atoms with Crippen LogP contribution in [0.25, 0.3) is 0 Å². The van der Waals surface area contributed by atoms with E-state index in [0.717, 1.165) is 16.9 Å². The first-order valence-corrected chi connectivity index (χ1v) is 8.38. The first-order valence-electron chi connectivity index (χ1n) is 6.56. The minimum absolute atomic E-state index is 0.0200. The fourth-order valence-corrected chi connectivity index (χ4v) is 4.38. The second kappa shape index (κ2) is 5.52. The van der Waals surface area contributed by atoms with Gasteiger partial charge in [0.25, 0.3) is 0 Å². The molecule has 1 aromatic heterocycles. The molecule has 1 unspecified atom stereocenters. The van der Waals surface area contributed by atoms with Gasteiger partial charge in [-0.15, -0.1) is 0 Å². The van der Waals surface area contributed by atoms with E-state index in [4.69, 9.17) is 4.74 Å². The molecule has 0 saturated carbocycles. The number of nitrogens with zero attached hydrogens (tertiary/aromatic N) is 1. The Morgan fingerprint density at radius 2 is 2.15 bits per heavy atom. The maximum Gasteiger partial charge on any atom is 0.151 e. The quantitative estimate of drug-likeness (QED) is 0.836. The summed E-state index contributed by atoms with van der Waals surface area (Å²) < 4.78 is 28.2. The number of carbonyl (C=O) groups is 1. The molecule has 0 bridgehead atoms. The highest BCUT2D eigenvalue weighted by molar-refractivity contribution is 7.91. The van der Waals surface area contributed by atoms with E-state index < -0.39 is 9.84 Å². The highest BCUT2D eigenvalue weighted by atomic mass is 32.2. The van der Waals surface area contributed by atoms with Gasteiger partial charge in [0.2, 0.25) is 0 Å². The van der Waals surface area contributed by atoms with Gasteiger partial charge < -0.3 is 4.74 Å². The largest absolute Gasteiger partial charge is 0.496 e. The monoisotopic (exact) mass is 297 g/mol. The number of aryl methyl sites for hydroxylation is 1. The minimum atomic E-state index is -3.03. The predicted molar refractivity (Wildman–Crippen MR) is 75.7 cm³/mol. The molecule has 1 aliphatic heterocycles. The van der Waals surface area contributed by atoms with Gasteiger partial charge in [-0.25, -0.2) is 8.42 Å². The number of ether oxygens (including phenoxy) is 1. The fourth-order valence-electron chi connectivity index (χ4n) is 2.61. The molecule has 2 rings (SSSR count). The summed E-state index contributed by atoms with van der Waals surface area (Å²) >= 11 is 0. The minimum Gasteiger partial charge on any atom is -0.496 e. The highest BCUT2D eigenvalue weighted by Crippen LogP contribution is 2.26. The normalized spacial score (nSPS) is 20.9. The molecule has 1 atom stereocenters. The molecular formula is C14H19NO4S. The van der Waals surface area contributed by atoms with Crippen molar-refractivity contribution in [2.45, 2.75) is 26.7 Å². The lowest BCUT2D eigenvalue weighted by atomic mass is 9.97. The van der Waals surface area contributed by atoms with Gasteiger partial charge >= 0.3 is 0 Å². The molecule has 0 aromatic carbocycles. The molecule has 0 amide bonds. The zero-order valence-electron chi connectivity index (χ0n) is 12.0. The van der Waals surface area contributed by atoms with E-state index in [-0.39, 0.29) is 29.6 Å². The Morgan fingerprint density at radius 1 is 1.45 bits per heavy atom. The number of hydrogen-bond donors (Lipinski definition) is 0. The summed E-state index contributed by atoms with van der Waals surface area (Å²) in [5.41, 5.74) is 2.44. The number of rotatable bonds is 4. The number of Topliss-reactive ketones (excluding diaryl/α,β-unsaturated/α-hetero) is 1. The van der Waals surface area contributed by atoms with Crippen LogP contribution in [0.15, 0.2) is 6.20 Å². The predicted octanol–water partition coefficient (Wildman–Crippen LogP) is 1.25. The fraction of sp³-hybridized carbons (Fsp3) is 0.571. The lowest BCUT2D eigenvalue weighted by Crippen LogP contribution is -2.19. The summed E-state index contributed by atoms with van der Waals surface area (Å²) in [4.78, 5) is 16.5. The van der Waals surface area contributed by atoms with Gasteiger partial charge in [0, 0.05) is 29.7 Å². The average molecular weight is 297 g/mol. The third-order valence-electron chi connectivity index (χ3n) is 3.78. The van der Waals surface area contributed by atoms with Gasteiger partial charge in [-0.05, 0) is 20.3 Å². The van der Waals surface area contributed by atoms with Crippen LogP contribution in [0.4, 0.5) is 0 Å². The van der Waals surface area contributed by atoms with E-state index in [0.29, 0.717) is 12.1 Å². The van der Waals surface area contributed by atoms with Gasteiger partial charge in [-0.1, -0.05) is 0 Å². The van der Waals surface area contributed by atoms with Gasteiger partial charge in [0.05, 0.1) is 24.3 Å². The van der Waals surface area contributed by atoms with Crippen LogP contribution in [0.1, 0.15) is 23.2 Å². The standard InChI is InChI=1S/C14H19NO4S/c1-9-7-15-12(10(2)14(9)19-3)6-13(16)11-4-5-20(17,18)8-11/h7,11H,4-6,8H2,1-3H3. The maximum absolute atomic E-state index is 12.2. The molecule has 1 aromatic rings. The molecule has 5 nitrogen and oxygen atoms in total. The highest BCUT2D eigenvalue weighted by Gasteiger charge is 2.33. The summed E-state index contributed by atoms with van der Waals surface area (Å²) in [6.45, 7) is 3.76. The maximum atomic E-state index is 12.2. The van der Waals surface area contributed by atoms with Crippen molar-refractivity contribution in [1.29, 1.82) is 0 Å². The van der Waals surface area contributed by atoms with Crippen LogP contribution in [0, 0.1) is 19.8 Å². The van der Waals surface area contributed by atoms with Crippen molar-refractivity contribution in [3.63, 3.8) is 0 Å². The van der Waals surface area contributed by atoms with Crippen molar-refractivity contribution in [2.24, 2.45) is 5.92 Å². The molecule has 0 spiro atoms. The van der Waals surface area contributed by atoms with Crippen molar-refractivity contribution in [1.82, 2.24) is 4.98 Å². The Labute approximate surface area is 119 Å². The van der Waals surface area contributed by atoms with Crippen LogP contribution < -0.4 is 4.74 Å². The SMILES string of the molecule is COc1c(C)cnc(CC(=O)C2CCS(=O)(=O)C2)c1C. The average Bonchev–Trinajstić information content (AvgIpc) is 2.74. The molecule has 6 heteroatoms. The molecule has 1 fully saturated rings. The number of sulfone groups is 1. The number of ketones is 1. The van der Waals surface area contributed by atoms with E-state index in [1.54, 1.807) is 13.3 Å². The lowest BCUT2D eigenvalue weighted by Gasteiger charge is -2.13. The third kappa shape index (κ3) is 3.00. The van der Waals surface area contributed by atoms with Crippen LogP contribution in [0.3, 0.4) is 0 Å². The van der Waals surface area contributed by atoms with Crippen LogP contribution in [0.2, 0.25) is 0 Å². The van der Waals surface area contributed by atoms with Gasteiger partial charge in [0.15, 0.2) is 9.84 Å². The first-order chi connectivity index (χ1) is 9.34. The Kier molecular flexibility index (Phi) is 4.13. The number of methoxy groups -OCH3 is 1. The number of hydrogen-bond acceptors (Lipinski definition) is 5. The molecular weight excluding hydrogens is 278 g/mol. The third-order valence-corrected chi connectivity index (χ3v) is 5.55. The van der Waals surface area contributed by atoms with Gasteiger partial charge in [-0.2, -0.15) is 0 Å². The van der Waals surface area contributed by atoms with E-state index >= 15 is 0 Å². The van der Waals surface area contributed by atoms with Crippen molar-refractivity contribution < 1.29 is 17.9 Å². The smallest absolute Gasteiger partial charge is 0.151 e. The molecule has 20 heavy (non-hydrogen) atoms. The van der Waals surface area contributed by atoms with E-state index in [1.165, 1.54) is 0 Å². The number of carbonyl (C=O) groups excluding carboxylic acids is 1. The summed E-state index contributed by atoms with van der Waals surface area (Å²) in [6, 6.07) is 0. The van der Waals surface area contributed by atoms with Crippen molar-refractivity contribution >= 4 is 15.6 Å². The van der Waals surface area contributed by atoms with Crippen molar-refractivity contribution in [3.05, 3.63) is 23.0 Å². The second-order valence-corrected chi connectivity index (χ2v) is 7.52. The summed E-state index contributed by atoms with van der Waals surface area (Å²) in [5.74, 6) is 0.406. The van der Waals surface area contributed by atoms with E-state index in [2.05, 4.69) is 4.98 Å². The molecule has 0 radical (unpaired) electrons. The lowest BCUT2D eigenvalue weighted by molar-refractivity contribution is -0.121. The van der Waals surface area contributed by atoms with E-state index in [1.807, 2.05) is 13.8 Å². The van der Waals surface area contributed by atoms with Gasteiger partial charge in [-0.3, -0.25) is 9.78 Å². The van der Waals surface area contributed by atoms with Crippen LogP contribution >= 0.6 is 0 Å². The zero-order chi connectivity index (χ0) is 14.9. The summed E-state index contributed by atoms with van der Waals surface area (Å²) in [6.07, 6.45) is 2.28. The molecule has 2 heterocycles. The topological polar surface area (TPSA) is 73.3 Å². The molecule has 0 N–H and O–H groups in total. The second-order valence-electron chi connectivity index (χ2n) is 5.29. The van der Waals surface area contributed by atoms with Gasteiger partial charge in [0.1, 0.15) is 11.5 Å².